The van der Waals surface area contributed by atoms with Gasteiger partial charge in [-0.15, -0.1) is 12.4 Å². The van der Waals surface area contributed by atoms with E-state index in [1.54, 1.807) is 6.92 Å². The first-order chi connectivity index (χ1) is 8.16. The third-order valence-electron chi connectivity index (χ3n) is 3.07. The summed E-state index contributed by atoms with van der Waals surface area (Å²) in [6.45, 7) is 3.57. The fourth-order valence-electron chi connectivity index (χ4n) is 2.12. The predicted molar refractivity (Wildman–Crippen MR) is 71.7 cm³/mol. The Morgan fingerprint density at radius 3 is 2.89 bits per heavy atom. The maximum absolute atomic E-state index is 12.9. The van der Waals surface area contributed by atoms with Crippen molar-refractivity contribution in [3.8, 4) is 0 Å². The lowest BCUT2D eigenvalue weighted by atomic mass is 10.0. The van der Waals surface area contributed by atoms with Crippen molar-refractivity contribution in [1.29, 1.82) is 0 Å². The van der Waals surface area contributed by atoms with Gasteiger partial charge in [0.15, 0.2) is 0 Å². The average Bonchev–Trinajstić information content (AvgIpc) is 2.30. The lowest BCUT2D eigenvalue weighted by molar-refractivity contribution is 0.0930. The molecule has 5 heteroatoms. The van der Waals surface area contributed by atoms with Crippen molar-refractivity contribution >= 4 is 18.3 Å². The van der Waals surface area contributed by atoms with Gasteiger partial charge in [0.1, 0.15) is 5.82 Å². The van der Waals surface area contributed by atoms with E-state index in [1.165, 1.54) is 18.2 Å². The lowest BCUT2D eigenvalue weighted by Gasteiger charge is -2.24. The topological polar surface area (TPSA) is 41.1 Å². The van der Waals surface area contributed by atoms with Crippen molar-refractivity contribution in [2.24, 2.45) is 0 Å². The van der Waals surface area contributed by atoms with Gasteiger partial charge >= 0.3 is 0 Å². The van der Waals surface area contributed by atoms with E-state index in [1.807, 2.05) is 0 Å². The van der Waals surface area contributed by atoms with Gasteiger partial charge in [-0.25, -0.2) is 4.39 Å². The lowest BCUT2D eigenvalue weighted by Crippen LogP contribution is -2.45. The van der Waals surface area contributed by atoms with E-state index in [0.29, 0.717) is 11.1 Å². The molecule has 1 fully saturated rings. The van der Waals surface area contributed by atoms with Crippen LogP contribution in [-0.2, 0) is 0 Å². The Kier molecular flexibility index (Phi) is 5.56. The molecule has 1 heterocycles. The summed E-state index contributed by atoms with van der Waals surface area (Å²) in [5.41, 5.74) is 1.23. The highest BCUT2D eigenvalue weighted by atomic mass is 35.5. The fourth-order valence-corrected chi connectivity index (χ4v) is 2.12. The first kappa shape index (κ1) is 14.9. The van der Waals surface area contributed by atoms with Gasteiger partial charge in [0.05, 0.1) is 0 Å². The summed E-state index contributed by atoms with van der Waals surface area (Å²) in [7, 11) is 0. The molecule has 0 saturated carbocycles. The van der Waals surface area contributed by atoms with Crippen LogP contribution in [-0.4, -0.2) is 25.0 Å². The SMILES string of the molecule is Cc1cc(F)ccc1C(=O)N[C@H]1CCCNC1.Cl. The number of rotatable bonds is 2. The van der Waals surface area contributed by atoms with Crippen LogP contribution >= 0.6 is 12.4 Å². The summed E-state index contributed by atoms with van der Waals surface area (Å²) in [6.07, 6.45) is 2.08. The number of amides is 1. The number of aryl methyl sites for hydroxylation is 1. The van der Waals surface area contributed by atoms with Gasteiger partial charge in [0.25, 0.3) is 5.91 Å². The van der Waals surface area contributed by atoms with E-state index in [9.17, 15) is 9.18 Å². The number of piperidine rings is 1. The summed E-state index contributed by atoms with van der Waals surface area (Å²) in [5, 5.41) is 6.21. The first-order valence-electron chi connectivity index (χ1n) is 5.94. The zero-order chi connectivity index (χ0) is 12.3. The highest BCUT2D eigenvalue weighted by Crippen LogP contribution is 2.11. The molecule has 1 aliphatic rings. The molecule has 1 saturated heterocycles. The van der Waals surface area contributed by atoms with E-state index in [4.69, 9.17) is 0 Å². The zero-order valence-electron chi connectivity index (χ0n) is 10.3. The molecule has 0 aliphatic carbocycles. The van der Waals surface area contributed by atoms with Gasteiger partial charge in [-0.3, -0.25) is 4.79 Å². The summed E-state index contributed by atoms with van der Waals surface area (Å²) in [6, 6.07) is 4.42. The minimum atomic E-state index is -0.307. The van der Waals surface area contributed by atoms with E-state index < -0.39 is 0 Å². The van der Waals surface area contributed by atoms with Gasteiger partial charge in [0.2, 0.25) is 0 Å². The molecular formula is C13H18ClFN2O. The van der Waals surface area contributed by atoms with Crippen molar-refractivity contribution in [2.45, 2.75) is 25.8 Å². The van der Waals surface area contributed by atoms with Gasteiger partial charge < -0.3 is 10.6 Å². The number of carbonyl (C=O) groups is 1. The fraction of sp³-hybridized carbons (Fsp3) is 0.462. The number of benzene rings is 1. The minimum absolute atomic E-state index is 0. The second-order valence-corrected chi connectivity index (χ2v) is 4.48. The maximum Gasteiger partial charge on any atom is 0.251 e. The van der Waals surface area contributed by atoms with E-state index in [2.05, 4.69) is 10.6 Å². The molecule has 2 N–H and O–H groups in total. The normalized spacial score (nSPS) is 18.9. The number of carbonyl (C=O) groups excluding carboxylic acids is 1. The Bertz CT molecular complexity index is 419. The monoisotopic (exact) mass is 272 g/mol. The van der Waals surface area contributed by atoms with Gasteiger partial charge in [0, 0.05) is 18.2 Å². The van der Waals surface area contributed by atoms with Crippen LogP contribution in [0.5, 0.6) is 0 Å². The Labute approximate surface area is 113 Å². The second-order valence-electron chi connectivity index (χ2n) is 4.48. The predicted octanol–water partition coefficient (Wildman–Crippen LogP) is 2.04. The third-order valence-corrected chi connectivity index (χ3v) is 3.07. The Morgan fingerprint density at radius 1 is 1.50 bits per heavy atom. The Hall–Kier alpha value is -1.13. The Morgan fingerprint density at radius 2 is 2.28 bits per heavy atom. The van der Waals surface area contributed by atoms with Crippen LogP contribution in [0.25, 0.3) is 0 Å². The summed E-state index contributed by atoms with van der Waals surface area (Å²) < 4.78 is 12.9. The molecular weight excluding hydrogens is 255 g/mol. The van der Waals surface area contributed by atoms with Gasteiger partial charge in [-0.2, -0.15) is 0 Å². The summed E-state index contributed by atoms with van der Waals surface area (Å²) in [4.78, 5) is 12.0. The molecule has 3 nitrogen and oxygen atoms in total. The average molecular weight is 273 g/mol. The second kappa shape index (κ2) is 6.71. The van der Waals surface area contributed by atoms with Crippen LogP contribution in [0.1, 0.15) is 28.8 Å². The van der Waals surface area contributed by atoms with Crippen LogP contribution in [0.3, 0.4) is 0 Å². The summed E-state index contributed by atoms with van der Waals surface area (Å²) >= 11 is 0. The smallest absolute Gasteiger partial charge is 0.251 e. The number of nitrogens with one attached hydrogen (secondary N) is 2. The van der Waals surface area contributed by atoms with E-state index in [0.717, 1.165) is 25.9 Å². The summed E-state index contributed by atoms with van der Waals surface area (Å²) in [5.74, 6) is -0.422. The standard InChI is InChI=1S/C13H17FN2O.ClH/c1-9-7-10(14)4-5-12(9)13(17)16-11-3-2-6-15-8-11;/h4-5,7,11,15H,2-3,6,8H2,1H3,(H,16,17);1H/t11-;/m0./s1. The van der Waals surface area contributed by atoms with E-state index in [-0.39, 0.29) is 30.2 Å². The number of halogens is 2. The zero-order valence-corrected chi connectivity index (χ0v) is 11.1. The molecule has 1 amide bonds. The Balaban J connectivity index is 0.00000162. The van der Waals surface area contributed by atoms with Crippen LogP contribution in [0.2, 0.25) is 0 Å². The molecule has 0 bridgehead atoms. The van der Waals surface area contributed by atoms with Gasteiger partial charge in [-0.1, -0.05) is 0 Å². The third kappa shape index (κ3) is 3.68. The minimum Gasteiger partial charge on any atom is -0.348 e. The molecule has 2 rings (SSSR count). The van der Waals surface area contributed by atoms with Crippen molar-refractivity contribution in [3.63, 3.8) is 0 Å². The number of hydrogen-bond acceptors (Lipinski definition) is 2. The molecule has 100 valence electrons. The molecule has 0 unspecified atom stereocenters. The molecule has 1 aliphatic heterocycles. The molecule has 18 heavy (non-hydrogen) atoms. The molecule has 1 aromatic rings. The van der Waals surface area contributed by atoms with Crippen LogP contribution in [0.4, 0.5) is 4.39 Å². The molecule has 0 radical (unpaired) electrons. The van der Waals surface area contributed by atoms with Crippen LogP contribution in [0.15, 0.2) is 18.2 Å². The molecule has 1 aromatic carbocycles. The van der Waals surface area contributed by atoms with E-state index >= 15 is 0 Å². The highest BCUT2D eigenvalue weighted by molar-refractivity contribution is 5.95. The largest absolute Gasteiger partial charge is 0.348 e. The van der Waals surface area contributed by atoms with Crippen molar-refractivity contribution in [1.82, 2.24) is 10.6 Å². The van der Waals surface area contributed by atoms with Crippen molar-refractivity contribution in [3.05, 3.63) is 35.1 Å². The van der Waals surface area contributed by atoms with Crippen LogP contribution in [0, 0.1) is 12.7 Å². The highest BCUT2D eigenvalue weighted by Gasteiger charge is 2.17. The first-order valence-corrected chi connectivity index (χ1v) is 5.94. The quantitative estimate of drug-likeness (QED) is 0.865. The number of hydrogen-bond donors (Lipinski definition) is 2. The van der Waals surface area contributed by atoms with Crippen LogP contribution < -0.4 is 10.6 Å². The van der Waals surface area contributed by atoms with Gasteiger partial charge in [-0.05, 0) is 50.1 Å². The molecule has 0 aromatic heterocycles. The van der Waals surface area contributed by atoms with Crippen molar-refractivity contribution in [2.75, 3.05) is 13.1 Å². The van der Waals surface area contributed by atoms with Crippen molar-refractivity contribution < 1.29 is 9.18 Å². The molecule has 1 atom stereocenters. The maximum atomic E-state index is 12.9. The molecule has 0 spiro atoms.